The van der Waals surface area contributed by atoms with E-state index in [2.05, 4.69) is 29.1 Å². The Morgan fingerprint density at radius 2 is 2.10 bits per heavy atom. The van der Waals surface area contributed by atoms with Crippen LogP contribution in [0, 0.1) is 0 Å². The van der Waals surface area contributed by atoms with Crippen LogP contribution in [0.1, 0.15) is 37.9 Å². The number of hydrogen-bond donors (Lipinski definition) is 2. The van der Waals surface area contributed by atoms with Crippen molar-refractivity contribution in [1.29, 1.82) is 0 Å². The van der Waals surface area contributed by atoms with Gasteiger partial charge in [-0.15, -0.1) is 0 Å². The molecule has 0 amide bonds. The maximum absolute atomic E-state index is 11.3. The number of hydrogen-bond acceptors (Lipinski definition) is 4. The second-order valence-electron chi connectivity index (χ2n) is 6.33. The van der Waals surface area contributed by atoms with Crippen molar-refractivity contribution in [2.75, 3.05) is 19.4 Å². The van der Waals surface area contributed by atoms with Gasteiger partial charge in [-0.3, -0.25) is 0 Å². The molecule has 1 aromatic rings. The Bertz CT molecular complexity index is 611. The highest BCUT2D eigenvalue weighted by atomic mass is 32.2. The first kappa shape index (κ1) is 16.3. The van der Waals surface area contributed by atoms with Crippen molar-refractivity contribution in [3.05, 3.63) is 29.3 Å². The predicted molar refractivity (Wildman–Crippen MR) is 84.1 cm³/mol. The molecule has 0 fully saturated rings. The fourth-order valence-electron chi connectivity index (χ4n) is 2.54. The van der Waals surface area contributed by atoms with Crippen LogP contribution in [0.2, 0.25) is 0 Å². The number of rotatable bonds is 6. The van der Waals surface area contributed by atoms with Gasteiger partial charge in [0.15, 0.2) is 0 Å². The number of ether oxygens (including phenoxy) is 1. The molecule has 1 aliphatic rings. The molecule has 1 aromatic carbocycles. The van der Waals surface area contributed by atoms with Gasteiger partial charge in [0.1, 0.15) is 5.75 Å². The first-order valence-corrected chi connectivity index (χ1v) is 9.03. The molecule has 1 heterocycles. The lowest BCUT2D eigenvalue weighted by molar-refractivity contribution is 0.356. The molecule has 0 radical (unpaired) electrons. The first-order valence-electron chi connectivity index (χ1n) is 7.14. The van der Waals surface area contributed by atoms with Gasteiger partial charge < -0.3 is 10.1 Å². The van der Waals surface area contributed by atoms with Gasteiger partial charge in [0.05, 0.1) is 12.9 Å². The van der Waals surface area contributed by atoms with E-state index in [0.717, 1.165) is 18.8 Å². The second kappa shape index (κ2) is 5.94. The van der Waals surface area contributed by atoms with Crippen LogP contribution in [0.15, 0.2) is 18.2 Å². The Kier molecular flexibility index (Phi) is 4.60. The van der Waals surface area contributed by atoms with Crippen molar-refractivity contribution in [3.63, 3.8) is 0 Å². The highest BCUT2D eigenvalue weighted by Crippen LogP contribution is 2.28. The maximum Gasteiger partial charge on any atom is 0.209 e. The first-order chi connectivity index (χ1) is 9.66. The zero-order valence-corrected chi connectivity index (χ0v) is 13.9. The van der Waals surface area contributed by atoms with Gasteiger partial charge in [0.2, 0.25) is 10.0 Å². The monoisotopic (exact) mass is 312 g/mol. The summed E-state index contributed by atoms with van der Waals surface area (Å²) in [5.41, 5.74) is 1.91. The van der Waals surface area contributed by atoms with E-state index < -0.39 is 15.6 Å². The van der Waals surface area contributed by atoms with Gasteiger partial charge in [-0.2, -0.15) is 0 Å². The largest absolute Gasteiger partial charge is 0.493 e. The number of fused-ring (bicyclic) bond motifs is 1. The number of benzene rings is 1. The molecular weight excluding hydrogens is 288 g/mol. The van der Waals surface area contributed by atoms with Crippen LogP contribution in [0.4, 0.5) is 0 Å². The molecule has 2 rings (SSSR count). The average Bonchev–Trinajstić information content (AvgIpc) is 2.80. The van der Waals surface area contributed by atoms with E-state index in [-0.39, 0.29) is 6.04 Å². The van der Waals surface area contributed by atoms with Gasteiger partial charge in [0, 0.05) is 24.5 Å². The van der Waals surface area contributed by atoms with E-state index in [4.69, 9.17) is 4.74 Å². The van der Waals surface area contributed by atoms with Gasteiger partial charge in [0.25, 0.3) is 0 Å². The molecule has 1 unspecified atom stereocenters. The minimum atomic E-state index is -3.21. The molecule has 0 saturated carbocycles. The summed E-state index contributed by atoms with van der Waals surface area (Å²) in [5.74, 6) is 0.977. The van der Waals surface area contributed by atoms with Crippen LogP contribution in [0.25, 0.3) is 0 Å². The van der Waals surface area contributed by atoms with Crippen LogP contribution in [0.3, 0.4) is 0 Å². The summed E-state index contributed by atoms with van der Waals surface area (Å²) in [7, 11) is -3.21. The zero-order chi connectivity index (χ0) is 15.7. The Hall–Kier alpha value is -1.11. The van der Waals surface area contributed by atoms with Crippen LogP contribution < -0.4 is 14.8 Å². The molecule has 0 spiro atoms. The Morgan fingerprint density at radius 1 is 1.38 bits per heavy atom. The van der Waals surface area contributed by atoms with Crippen LogP contribution in [-0.2, 0) is 16.4 Å². The molecule has 1 atom stereocenters. The number of nitrogens with one attached hydrogen (secondary N) is 2. The standard InChI is InChI=1S/C15H24N2O3S/c1-11(16-10-15(2,3)17-21(4,18)19)12-5-6-14-13(9-12)7-8-20-14/h5-6,9,11,16-17H,7-8,10H2,1-4H3. The molecule has 118 valence electrons. The third-order valence-corrected chi connectivity index (χ3v) is 4.45. The van der Waals surface area contributed by atoms with E-state index in [0.29, 0.717) is 6.54 Å². The number of sulfonamides is 1. The fraction of sp³-hybridized carbons (Fsp3) is 0.600. The molecule has 0 aliphatic carbocycles. The lowest BCUT2D eigenvalue weighted by atomic mass is 10.0. The smallest absolute Gasteiger partial charge is 0.209 e. The molecule has 0 aromatic heterocycles. The van der Waals surface area contributed by atoms with E-state index in [1.165, 1.54) is 17.4 Å². The quantitative estimate of drug-likeness (QED) is 0.837. The highest BCUT2D eigenvalue weighted by molar-refractivity contribution is 7.88. The minimum absolute atomic E-state index is 0.150. The third kappa shape index (κ3) is 4.69. The van der Waals surface area contributed by atoms with Crippen molar-refractivity contribution in [1.82, 2.24) is 10.0 Å². The topological polar surface area (TPSA) is 67.4 Å². The summed E-state index contributed by atoms with van der Waals surface area (Å²) < 4.78 is 30.8. The summed E-state index contributed by atoms with van der Waals surface area (Å²) in [6, 6.07) is 6.38. The summed E-state index contributed by atoms with van der Waals surface area (Å²) in [5, 5.41) is 3.39. The fourth-order valence-corrected chi connectivity index (χ4v) is 3.62. The van der Waals surface area contributed by atoms with Gasteiger partial charge in [-0.25, -0.2) is 13.1 Å². The molecule has 5 nitrogen and oxygen atoms in total. The van der Waals surface area contributed by atoms with Crippen LogP contribution >= 0.6 is 0 Å². The summed E-state index contributed by atoms with van der Waals surface area (Å²) in [6.07, 6.45) is 2.13. The highest BCUT2D eigenvalue weighted by Gasteiger charge is 2.23. The van der Waals surface area contributed by atoms with Crippen molar-refractivity contribution in [2.45, 2.75) is 38.8 Å². The SMILES string of the molecule is CC(NCC(C)(C)NS(C)(=O)=O)c1ccc2c(c1)CCO2. The molecule has 21 heavy (non-hydrogen) atoms. The normalized spacial score (nSPS) is 16.4. The maximum atomic E-state index is 11.3. The summed E-state index contributed by atoms with van der Waals surface area (Å²) in [6.45, 7) is 7.11. The van der Waals surface area contributed by atoms with Crippen LogP contribution in [-0.4, -0.2) is 33.4 Å². The Balaban J connectivity index is 1.97. The molecule has 0 saturated heterocycles. The second-order valence-corrected chi connectivity index (χ2v) is 8.07. The Morgan fingerprint density at radius 3 is 2.76 bits per heavy atom. The average molecular weight is 312 g/mol. The molecule has 0 bridgehead atoms. The van der Waals surface area contributed by atoms with Gasteiger partial charge >= 0.3 is 0 Å². The van der Waals surface area contributed by atoms with Crippen molar-refractivity contribution < 1.29 is 13.2 Å². The van der Waals surface area contributed by atoms with Gasteiger partial charge in [-0.05, 0) is 38.0 Å². The Labute approximate surface area is 127 Å². The lowest BCUT2D eigenvalue weighted by Crippen LogP contribution is -2.50. The molecule has 1 aliphatic heterocycles. The van der Waals surface area contributed by atoms with Crippen LogP contribution in [0.5, 0.6) is 5.75 Å². The third-order valence-electron chi connectivity index (χ3n) is 3.53. The van der Waals surface area contributed by atoms with Crippen molar-refractivity contribution >= 4 is 10.0 Å². The molecule has 2 N–H and O–H groups in total. The lowest BCUT2D eigenvalue weighted by Gasteiger charge is -2.27. The van der Waals surface area contributed by atoms with E-state index in [9.17, 15) is 8.42 Å². The van der Waals surface area contributed by atoms with Crippen molar-refractivity contribution in [3.8, 4) is 5.75 Å². The minimum Gasteiger partial charge on any atom is -0.493 e. The van der Waals surface area contributed by atoms with Crippen molar-refractivity contribution in [2.24, 2.45) is 0 Å². The molecule has 6 heteroatoms. The zero-order valence-electron chi connectivity index (χ0n) is 13.1. The van der Waals surface area contributed by atoms with E-state index in [1.807, 2.05) is 19.9 Å². The molecular formula is C15H24N2O3S. The van der Waals surface area contributed by atoms with Gasteiger partial charge in [-0.1, -0.05) is 12.1 Å². The summed E-state index contributed by atoms with van der Waals surface area (Å²) in [4.78, 5) is 0. The predicted octanol–water partition coefficient (Wildman–Crippen LogP) is 1.60. The summed E-state index contributed by atoms with van der Waals surface area (Å²) >= 11 is 0. The van der Waals surface area contributed by atoms with E-state index >= 15 is 0 Å². The van der Waals surface area contributed by atoms with E-state index in [1.54, 1.807) is 0 Å².